The molecule has 2 rings (SSSR count). The molecule has 1 unspecified atom stereocenters. The van der Waals surface area contributed by atoms with Crippen molar-refractivity contribution >= 4 is 0 Å². The van der Waals surface area contributed by atoms with E-state index in [-0.39, 0.29) is 0 Å². The van der Waals surface area contributed by atoms with E-state index in [9.17, 15) is 0 Å². The molecular weight excluding hydrogens is 184 g/mol. The Labute approximate surface area is 94.4 Å². The maximum Gasteiger partial charge on any atom is 0.0163 e. The first-order chi connectivity index (χ1) is 7.24. The van der Waals surface area contributed by atoms with Gasteiger partial charge in [0, 0.05) is 12.6 Å². The Morgan fingerprint density at radius 2 is 1.73 bits per heavy atom. The zero-order chi connectivity index (χ0) is 10.7. The first kappa shape index (κ1) is 11.4. The van der Waals surface area contributed by atoms with Crippen LogP contribution in [0.15, 0.2) is 0 Å². The molecule has 2 nitrogen and oxygen atoms in total. The third-order valence-electron chi connectivity index (χ3n) is 4.61. The number of hydrogen-bond acceptors (Lipinski definition) is 2. The third-order valence-corrected chi connectivity index (χ3v) is 4.61. The first-order valence-electron chi connectivity index (χ1n) is 6.64. The van der Waals surface area contributed by atoms with Gasteiger partial charge in [-0.25, -0.2) is 0 Å². The first-order valence-corrected chi connectivity index (χ1v) is 6.64. The molecule has 1 saturated carbocycles. The van der Waals surface area contributed by atoms with Crippen molar-refractivity contribution in [2.45, 2.75) is 51.5 Å². The van der Waals surface area contributed by atoms with Gasteiger partial charge in [-0.3, -0.25) is 0 Å². The third kappa shape index (κ3) is 2.73. The van der Waals surface area contributed by atoms with E-state index in [0.29, 0.717) is 6.04 Å². The SMILES string of the molecule is CNC(C)CN1CCC2(CCCC2)CC1. The number of likely N-dealkylation sites (tertiary alicyclic amines) is 1. The topological polar surface area (TPSA) is 15.3 Å². The molecule has 1 spiro atoms. The Bertz CT molecular complexity index is 187. The molecule has 0 aromatic heterocycles. The van der Waals surface area contributed by atoms with Gasteiger partial charge in [-0.1, -0.05) is 12.8 Å². The smallest absolute Gasteiger partial charge is 0.0163 e. The van der Waals surface area contributed by atoms with Crippen LogP contribution in [0.25, 0.3) is 0 Å². The zero-order valence-electron chi connectivity index (χ0n) is 10.4. The fourth-order valence-corrected chi connectivity index (χ4v) is 3.31. The van der Waals surface area contributed by atoms with Gasteiger partial charge >= 0.3 is 0 Å². The largest absolute Gasteiger partial charge is 0.316 e. The summed E-state index contributed by atoms with van der Waals surface area (Å²) in [7, 11) is 2.06. The Morgan fingerprint density at radius 1 is 1.13 bits per heavy atom. The molecule has 88 valence electrons. The number of piperidine rings is 1. The van der Waals surface area contributed by atoms with E-state index in [1.807, 2.05) is 0 Å². The van der Waals surface area contributed by atoms with Crippen molar-refractivity contribution in [3.63, 3.8) is 0 Å². The summed E-state index contributed by atoms with van der Waals surface area (Å²) in [6.07, 6.45) is 8.94. The molecule has 1 N–H and O–H groups in total. The van der Waals surface area contributed by atoms with Gasteiger partial charge in [0.15, 0.2) is 0 Å². The van der Waals surface area contributed by atoms with Gasteiger partial charge in [-0.05, 0) is 58.2 Å². The molecule has 1 aliphatic carbocycles. The molecule has 2 heteroatoms. The molecule has 1 atom stereocenters. The fraction of sp³-hybridized carbons (Fsp3) is 1.00. The minimum atomic E-state index is 0.641. The Hall–Kier alpha value is -0.0800. The molecular formula is C13H26N2. The lowest BCUT2D eigenvalue weighted by molar-refractivity contribution is 0.103. The van der Waals surface area contributed by atoms with E-state index in [1.165, 1.54) is 58.2 Å². The number of rotatable bonds is 3. The van der Waals surface area contributed by atoms with Crippen LogP contribution in [0.3, 0.4) is 0 Å². The summed E-state index contributed by atoms with van der Waals surface area (Å²) in [4.78, 5) is 2.64. The van der Waals surface area contributed by atoms with Crippen LogP contribution in [-0.4, -0.2) is 37.6 Å². The normalized spacial score (nSPS) is 28.4. The summed E-state index contributed by atoms with van der Waals surface area (Å²) >= 11 is 0. The molecule has 0 amide bonds. The van der Waals surface area contributed by atoms with Gasteiger partial charge in [0.1, 0.15) is 0 Å². The summed E-state index contributed by atoms with van der Waals surface area (Å²) in [5.74, 6) is 0. The second-order valence-corrected chi connectivity index (χ2v) is 5.70. The summed E-state index contributed by atoms with van der Waals surface area (Å²) in [5.41, 5.74) is 0.777. The van der Waals surface area contributed by atoms with Gasteiger partial charge < -0.3 is 10.2 Å². The van der Waals surface area contributed by atoms with Crippen molar-refractivity contribution in [3.05, 3.63) is 0 Å². The molecule has 0 aromatic rings. The van der Waals surface area contributed by atoms with Gasteiger partial charge in [0.2, 0.25) is 0 Å². The molecule has 0 bridgehead atoms. The summed E-state index contributed by atoms with van der Waals surface area (Å²) in [6.45, 7) is 6.19. The average Bonchev–Trinajstić information content (AvgIpc) is 2.70. The lowest BCUT2D eigenvalue weighted by Crippen LogP contribution is -2.44. The molecule has 1 saturated heterocycles. The summed E-state index contributed by atoms with van der Waals surface area (Å²) < 4.78 is 0. The predicted molar refractivity (Wildman–Crippen MR) is 65.1 cm³/mol. The summed E-state index contributed by atoms with van der Waals surface area (Å²) in [5, 5.41) is 3.33. The number of likely N-dealkylation sites (N-methyl/N-ethyl adjacent to an activating group) is 1. The van der Waals surface area contributed by atoms with E-state index in [2.05, 4.69) is 24.2 Å². The van der Waals surface area contributed by atoms with Crippen LogP contribution < -0.4 is 5.32 Å². The van der Waals surface area contributed by atoms with Crippen LogP contribution in [0.1, 0.15) is 45.4 Å². The number of nitrogens with one attached hydrogen (secondary N) is 1. The van der Waals surface area contributed by atoms with Crippen LogP contribution in [0.2, 0.25) is 0 Å². The molecule has 1 aliphatic heterocycles. The van der Waals surface area contributed by atoms with E-state index < -0.39 is 0 Å². The maximum atomic E-state index is 3.33. The summed E-state index contributed by atoms with van der Waals surface area (Å²) in [6, 6.07) is 0.641. The Kier molecular flexibility index (Phi) is 3.68. The number of hydrogen-bond donors (Lipinski definition) is 1. The Morgan fingerprint density at radius 3 is 2.27 bits per heavy atom. The molecule has 2 aliphatic rings. The number of nitrogens with zero attached hydrogens (tertiary/aromatic N) is 1. The second kappa shape index (κ2) is 4.84. The molecule has 15 heavy (non-hydrogen) atoms. The van der Waals surface area contributed by atoms with Crippen molar-refractivity contribution in [1.29, 1.82) is 0 Å². The van der Waals surface area contributed by atoms with Crippen LogP contribution in [0, 0.1) is 5.41 Å². The molecule has 2 fully saturated rings. The van der Waals surface area contributed by atoms with Crippen LogP contribution >= 0.6 is 0 Å². The van der Waals surface area contributed by atoms with E-state index in [0.717, 1.165) is 5.41 Å². The standard InChI is InChI=1S/C13H26N2/c1-12(14-2)11-15-9-7-13(8-10-15)5-3-4-6-13/h12,14H,3-11H2,1-2H3. The molecule has 1 heterocycles. The van der Waals surface area contributed by atoms with Crippen molar-refractivity contribution in [1.82, 2.24) is 10.2 Å². The zero-order valence-corrected chi connectivity index (χ0v) is 10.4. The van der Waals surface area contributed by atoms with Gasteiger partial charge in [0.25, 0.3) is 0 Å². The van der Waals surface area contributed by atoms with Crippen LogP contribution in [0.4, 0.5) is 0 Å². The van der Waals surface area contributed by atoms with Crippen molar-refractivity contribution in [2.75, 3.05) is 26.7 Å². The van der Waals surface area contributed by atoms with E-state index in [1.54, 1.807) is 0 Å². The van der Waals surface area contributed by atoms with Crippen LogP contribution in [0.5, 0.6) is 0 Å². The molecule has 0 aromatic carbocycles. The van der Waals surface area contributed by atoms with Crippen molar-refractivity contribution in [2.24, 2.45) is 5.41 Å². The van der Waals surface area contributed by atoms with E-state index in [4.69, 9.17) is 0 Å². The fourth-order valence-electron chi connectivity index (χ4n) is 3.31. The average molecular weight is 210 g/mol. The Balaban J connectivity index is 1.76. The quantitative estimate of drug-likeness (QED) is 0.768. The highest BCUT2D eigenvalue weighted by molar-refractivity contribution is 4.90. The second-order valence-electron chi connectivity index (χ2n) is 5.70. The maximum absolute atomic E-state index is 3.33. The van der Waals surface area contributed by atoms with Crippen molar-refractivity contribution < 1.29 is 0 Å². The van der Waals surface area contributed by atoms with E-state index >= 15 is 0 Å². The molecule has 0 radical (unpaired) electrons. The monoisotopic (exact) mass is 210 g/mol. The minimum absolute atomic E-state index is 0.641. The predicted octanol–water partition coefficient (Wildman–Crippen LogP) is 2.25. The van der Waals surface area contributed by atoms with Crippen molar-refractivity contribution in [3.8, 4) is 0 Å². The lowest BCUT2D eigenvalue weighted by atomic mass is 9.77. The highest BCUT2D eigenvalue weighted by Gasteiger charge is 2.36. The van der Waals surface area contributed by atoms with Gasteiger partial charge in [-0.15, -0.1) is 0 Å². The van der Waals surface area contributed by atoms with Crippen LogP contribution in [-0.2, 0) is 0 Å². The highest BCUT2D eigenvalue weighted by Crippen LogP contribution is 2.45. The minimum Gasteiger partial charge on any atom is -0.316 e. The van der Waals surface area contributed by atoms with Gasteiger partial charge in [-0.2, -0.15) is 0 Å². The lowest BCUT2D eigenvalue weighted by Gasteiger charge is -2.40. The highest BCUT2D eigenvalue weighted by atomic mass is 15.2. The van der Waals surface area contributed by atoms with Gasteiger partial charge in [0.05, 0.1) is 0 Å².